The molecule has 0 unspecified atom stereocenters. The molecule has 1 aliphatic heterocycles. The average Bonchev–Trinajstić information content (AvgIpc) is 2.56. The molecule has 1 N–H and O–H groups in total. The van der Waals surface area contributed by atoms with Crippen LogP contribution in [-0.4, -0.2) is 38.1 Å². The third-order valence-corrected chi connectivity index (χ3v) is 2.10. The van der Waals surface area contributed by atoms with Gasteiger partial charge >= 0.3 is 12.3 Å². The maximum absolute atomic E-state index is 12.3. The lowest BCUT2D eigenvalue weighted by Gasteiger charge is -2.17. The van der Waals surface area contributed by atoms with Crippen molar-refractivity contribution in [3.63, 3.8) is 0 Å². The first kappa shape index (κ1) is 11.7. The number of hydrogen-bond donors (Lipinski definition) is 1. The Labute approximate surface area is 79.6 Å². The molecule has 84 valence electrons. The van der Waals surface area contributed by atoms with E-state index in [4.69, 9.17) is 0 Å². The van der Waals surface area contributed by atoms with Gasteiger partial charge in [0.15, 0.2) is 0 Å². The Morgan fingerprint density at radius 1 is 1.43 bits per heavy atom. The Morgan fingerprint density at radius 2 is 2.14 bits per heavy atom. The van der Waals surface area contributed by atoms with Crippen LogP contribution in [0, 0.1) is 0 Å². The van der Waals surface area contributed by atoms with Gasteiger partial charge in [-0.1, -0.05) is 0 Å². The van der Waals surface area contributed by atoms with Crippen LogP contribution in [0.25, 0.3) is 0 Å². The SMILES string of the molecule is FC(F)C(F)(F)COC[C@H]1CCCN1. The highest BCUT2D eigenvalue weighted by atomic mass is 19.3. The second-order valence-corrected chi connectivity index (χ2v) is 3.37. The highest BCUT2D eigenvalue weighted by Gasteiger charge is 2.41. The van der Waals surface area contributed by atoms with Gasteiger partial charge in [-0.25, -0.2) is 8.78 Å². The number of rotatable bonds is 5. The molecule has 2 nitrogen and oxygen atoms in total. The van der Waals surface area contributed by atoms with Crippen molar-refractivity contribution in [1.82, 2.24) is 5.32 Å². The van der Waals surface area contributed by atoms with E-state index in [-0.39, 0.29) is 12.6 Å². The Bertz CT molecular complexity index is 171. The van der Waals surface area contributed by atoms with Crippen LogP contribution in [0.2, 0.25) is 0 Å². The fraction of sp³-hybridized carbons (Fsp3) is 1.00. The van der Waals surface area contributed by atoms with Gasteiger partial charge in [-0.05, 0) is 19.4 Å². The Hall–Kier alpha value is -0.360. The van der Waals surface area contributed by atoms with Crippen LogP contribution in [0.5, 0.6) is 0 Å². The number of nitrogens with one attached hydrogen (secondary N) is 1. The fourth-order valence-electron chi connectivity index (χ4n) is 1.30. The predicted octanol–water partition coefficient (Wildman–Crippen LogP) is 1.66. The summed E-state index contributed by atoms with van der Waals surface area (Å²) in [5.41, 5.74) is 0. The van der Waals surface area contributed by atoms with Gasteiger partial charge < -0.3 is 10.1 Å². The second-order valence-electron chi connectivity index (χ2n) is 3.37. The van der Waals surface area contributed by atoms with Crippen LogP contribution >= 0.6 is 0 Å². The lowest BCUT2D eigenvalue weighted by atomic mass is 10.2. The molecule has 14 heavy (non-hydrogen) atoms. The molecule has 0 aromatic heterocycles. The van der Waals surface area contributed by atoms with Gasteiger partial charge in [0.05, 0.1) is 6.61 Å². The molecule has 1 fully saturated rings. The van der Waals surface area contributed by atoms with Crippen LogP contribution in [0.1, 0.15) is 12.8 Å². The summed E-state index contributed by atoms with van der Waals surface area (Å²) in [6.07, 6.45) is -1.83. The van der Waals surface area contributed by atoms with Crippen molar-refractivity contribution in [3.05, 3.63) is 0 Å². The van der Waals surface area contributed by atoms with Gasteiger partial charge in [-0.2, -0.15) is 8.78 Å². The van der Waals surface area contributed by atoms with Crippen LogP contribution in [0.15, 0.2) is 0 Å². The van der Waals surface area contributed by atoms with Gasteiger partial charge in [0.2, 0.25) is 0 Å². The maximum atomic E-state index is 12.3. The zero-order valence-corrected chi connectivity index (χ0v) is 7.61. The quantitative estimate of drug-likeness (QED) is 0.704. The van der Waals surface area contributed by atoms with Crippen molar-refractivity contribution in [2.75, 3.05) is 19.8 Å². The number of halogens is 4. The van der Waals surface area contributed by atoms with E-state index in [0.29, 0.717) is 0 Å². The number of ether oxygens (including phenoxy) is 1. The van der Waals surface area contributed by atoms with E-state index in [1.807, 2.05) is 0 Å². The number of alkyl halides is 4. The molecule has 0 aliphatic carbocycles. The second kappa shape index (κ2) is 4.93. The third-order valence-electron chi connectivity index (χ3n) is 2.10. The lowest BCUT2D eigenvalue weighted by Crippen LogP contribution is -2.35. The van der Waals surface area contributed by atoms with Gasteiger partial charge in [0.25, 0.3) is 0 Å². The summed E-state index contributed by atoms with van der Waals surface area (Å²) < 4.78 is 52.5. The molecule has 0 aromatic rings. The van der Waals surface area contributed by atoms with Gasteiger partial charge in [0, 0.05) is 6.04 Å². The van der Waals surface area contributed by atoms with E-state index >= 15 is 0 Å². The summed E-state index contributed by atoms with van der Waals surface area (Å²) >= 11 is 0. The summed E-state index contributed by atoms with van der Waals surface area (Å²) in [4.78, 5) is 0. The number of hydrogen-bond acceptors (Lipinski definition) is 2. The lowest BCUT2D eigenvalue weighted by molar-refractivity contribution is -0.166. The van der Waals surface area contributed by atoms with Gasteiger partial charge in [-0.15, -0.1) is 0 Å². The third kappa shape index (κ3) is 3.42. The van der Waals surface area contributed by atoms with Crippen molar-refractivity contribution in [3.8, 4) is 0 Å². The molecular weight excluding hydrogens is 202 g/mol. The molecule has 1 saturated heterocycles. The van der Waals surface area contributed by atoms with Crippen LogP contribution < -0.4 is 5.32 Å². The largest absolute Gasteiger partial charge is 0.373 e. The first-order valence-corrected chi connectivity index (χ1v) is 4.49. The average molecular weight is 215 g/mol. The van der Waals surface area contributed by atoms with Crippen LogP contribution in [0.4, 0.5) is 17.6 Å². The standard InChI is InChI=1S/C8H13F4NO/c9-7(10)8(11,12)5-14-4-6-2-1-3-13-6/h6-7,13H,1-5H2/t6-/m1/s1. The Morgan fingerprint density at radius 3 is 2.64 bits per heavy atom. The summed E-state index contributed by atoms with van der Waals surface area (Å²) in [5, 5.41) is 3.01. The molecule has 0 spiro atoms. The predicted molar refractivity (Wildman–Crippen MR) is 42.8 cm³/mol. The molecule has 6 heteroatoms. The minimum Gasteiger partial charge on any atom is -0.373 e. The molecule has 1 atom stereocenters. The normalized spacial score (nSPS) is 23.4. The zero-order chi connectivity index (χ0) is 10.6. The van der Waals surface area contributed by atoms with Crippen molar-refractivity contribution >= 4 is 0 Å². The van der Waals surface area contributed by atoms with E-state index in [1.54, 1.807) is 0 Å². The minimum atomic E-state index is -4.03. The van der Waals surface area contributed by atoms with E-state index < -0.39 is 19.0 Å². The topological polar surface area (TPSA) is 21.3 Å². The molecule has 0 radical (unpaired) electrons. The van der Waals surface area contributed by atoms with Gasteiger partial charge in [-0.3, -0.25) is 0 Å². The van der Waals surface area contributed by atoms with Crippen molar-refractivity contribution in [2.24, 2.45) is 0 Å². The van der Waals surface area contributed by atoms with Crippen LogP contribution in [0.3, 0.4) is 0 Å². The maximum Gasteiger partial charge on any atom is 0.330 e. The summed E-state index contributed by atoms with van der Waals surface area (Å²) in [6.45, 7) is -0.301. The van der Waals surface area contributed by atoms with Crippen LogP contribution in [-0.2, 0) is 4.74 Å². The summed E-state index contributed by atoms with van der Waals surface area (Å²) in [7, 11) is 0. The van der Waals surface area contributed by atoms with Crippen molar-refractivity contribution < 1.29 is 22.3 Å². The van der Waals surface area contributed by atoms with Crippen molar-refractivity contribution in [1.29, 1.82) is 0 Å². The van der Waals surface area contributed by atoms with E-state index in [9.17, 15) is 17.6 Å². The molecule has 1 heterocycles. The molecule has 0 amide bonds. The smallest absolute Gasteiger partial charge is 0.330 e. The first-order valence-electron chi connectivity index (χ1n) is 4.49. The van der Waals surface area contributed by atoms with Gasteiger partial charge in [0.1, 0.15) is 6.61 Å². The van der Waals surface area contributed by atoms with E-state index in [0.717, 1.165) is 19.4 Å². The monoisotopic (exact) mass is 215 g/mol. The highest BCUT2D eigenvalue weighted by Crippen LogP contribution is 2.23. The first-order chi connectivity index (χ1) is 6.52. The molecule has 1 aliphatic rings. The van der Waals surface area contributed by atoms with Crippen molar-refractivity contribution in [2.45, 2.75) is 31.2 Å². The molecule has 0 aromatic carbocycles. The zero-order valence-electron chi connectivity index (χ0n) is 7.61. The summed E-state index contributed by atoms with van der Waals surface area (Å²) in [5.74, 6) is -4.03. The molecule has 0 saturated carbocycles. The Balaban J connectivity index is 2.13. The molecule has 0 bridgehead atoms. The van der Waals surface area contributed by atoms with E-state index in [2.05, 4.69) is 10.1 Å². The summed E-state index contributed by atoms with van der Waals surface area (Å²) in [6, 6.07) is 0.0310. The van der Waals surface area contributed by atoms with E-state index in [1.165, 1.54) is 0 Å². The highest BCUT2D eigenvalue weighted by molar-refractivity contribution is 4.74. The fourth-order valence-corrected chi connectivity index (χ4v) is 1.30. The molecular formula is C8H13F4NO. The Kier molecular flexibility index (Phi) is 4.12. The minimum absolute atomic E-state index is 0.0310. The molecule has 1 rings (SSSR count).